The van der Waals surface area contributed by atoms with Crippen LogP contribution in [0.1, 0.15) is 38.0 Å². The van der Waals surface area contributed by atoms with Crippen molar-refractivity contribution in [2.45, 2.75) is 50.5 Å². The van der Waals surface area contributed by atoms with Crippen molar-refractivity contribution in [2.75, 3.05) is 0 Å². The lowest BCUT2D eigenvalue weighted by atomic mass is 10.1. The van der Waals surface area contributed by atoms with Crippen molar-refractivity contribution in [1.29, 1.82) is 5.26 Å². The molecule has 27 heavy (non-hydrogen) atoms. The molecule has 0 saturated heterocycles. The normalized spacial score (nSPS) is 20.0. The van der Waals surface area contributed by atoms with Gasteiger partial charge in [0.2, 0.25) is 10.0 Å². The van der Waals surface area contributed by atoms with E-state index in [0.29, 0.717) is 33.9 Å². The number of ether oxygens (including phenoxy) is 1. The summed E-state index contributed by atoms with van der Waals surface area (Å²) in [6.07, 6.45) is 1.94. The molecule has 1 aliphatic rings. The third-order valence-electron chi connectivity index (χ3n) is 4.60. The van der Waals surface area contributed by atoms with Crippen LogP contribution in [0.15, 0.2) is 30.3 Å². The van der Waals surface area contributed by atoms with Gasteiger partial charge in [-0.3, -0.25) is 0 Å². The summed E-state index contributed by atoms with van der Waals surface area (Å²) >= 11 is 1.23. The fraction of sp³-hybridized carbons (Fsp3) is 0.421. The fourth-order valence-electron chi connectivity index (χ4n) is 3.04. The van der Waals surface area contributed by atoms with Crippen molar-refractivity contribution < 1.29 is 17.5 Å². The molecule has 2 atom stereocenters. The van der Waals surface area contributed by atoms with Crippen molar-refractivity contribution in [1.82, 2.24) is 4.72 Å². The Morgan fingerprint density at radius 3 is 2.70 bits per heavy atom. The molecule has 1 N–H and O–H groups in total. The Morgan fingerprint density at radius 2 is 2.07 bits per heavy atom. The van der Waals surface area contributed by atoms with Gasteiger partial charge in [-0.05, 0) is 57.4 Å². The zero-order valence-electron chi connectivity index (χ0n) is 15.1. The molecule has 1 saturated carbocycles. The second-order valence-corrected chi connectivity index (χ2v) is 10.2. The topological polar surface area (TPSA) is 79.2 Å². The first kappa shape index (κ1) is 19.8. The number of nitrogens with one attached hydrogen (secondary N) is 1. The Kier molecular flexibility index (Phi) is 5.84. The van der Waals surface area contributed by atoms with Gasteiger partial charge in [0, 0.05) is 16.5 Å². The summed E-state index contributed by atoms with van der Waals surface area (Å²) in [5.41, 5.74) is 0.414. The van der Waals surface area contributed by atoms with Crippen LogP contribution in [0.4, 0.5) is 4.39 Å². The van der Waals surface area contributed by atoms with E-state index in [4.69, 9.17) is 10.00 Å². The lowest BCUT2D eigenvalue weighted by Gasteiger charge is -2.23. The van der Waals surface area contributed by atoms with Crippen LogP contribution in [0.5, 0.6) is 5.75 Å². The van der Waals surface area contributed by atoms with Gasteiger partial charge in [-0.15, -0.1) is 11.3 Å². The molecule has 1 aliphatic carbocycles. The quantitative estimate of drug-likeness (QED) is 0.782. The van der Waals surface area contributed by atoms with E-state index in [1.807, 2.05) is 6.07 Å². The number of rotatable bonds is 6. The van der Waals surface area contributed by atoms with Gasteiger partial charge in [0.05, 0.1) is 11.3 Å². The van der Waals surface area contributed by atoms with E-state index in [1.165, 1.54) is 17.4 Å². The molecule has 5 nitrogen and oxygen atoms in total. The summed E-state index contributed by atoms with van der Waals surface area (Å²) in [5, 5.41) is 8.39. The molecule has 0 amide bonds. The molecular formula is C19H21FN2O3S2. The molecule has 1 aromatic carbocycles. The van der Waals surface area contributed by atoms with E-state index in [-0.39, 0.29) is 12.1 Å². The number of benzene rings is 1. The molecule has 0 radical (unpaired) electrons. The second-order valence-electron chi connectivity index (χ2n) is 6.82. The molecule has 2 aromatic rings. The molecule has 0 bridgehead atoms. The van der Waals surface area contributed by atoms with Gasteiger partial charge in [0.1, 0.15) is 28.6 Å². The van der Waals surface area contributed by atoms with Crippen molar-refractivity contribution in [2.24, 2.45) is 0 Å². The summed E-state index contributed by atoms with van der Waals surface area (Å²) in [6, 6.07) is 9.73. The summed E-state index contributed by atoms with van der Waals surface area (Å²) in [4.78, 5) is 1.20. The van der Waals surface area contributed by atoms with Gasteiger partial charge in [-0.2, -0.15) is 5.26 Å². The average molecular weight is 409 g/mol. The van der Waals surface area contributed by atoms with Gasteiger partial charge < -0.3 is 4.74 Å². The minimum absolute atomic E-state index is 0.310. The molecule has 1 fully saturated rings. The van der Waals surface area contributed by atoms with Crippen molar-refractivity contribution in [3.63, 3.8) is 0 Å². The second kappa shape index (κ2) is 7.97. The van der Waals surface area contributed by atoms with Crippen LogP contribution in [0.3, 0.4) is 0 Å². The van der Waals surface area contributed by atoms with Crippen LogP contribution in [-0.4, -0.2) is 25.8 Å². The predicted molar refractivity (Wildman–Crippen MR) is 104 cm³/mol. The SMILES string of the molecule is CC(C)S(=O)(=O)NC1CCCC1Oc1ccc(-c2ccc(C#N)s2)c(F)c1. The number of nitriles is 1. The lowest BCUT2D eigenvalue weighted by Crippen LogP contribution is -2.44. The predicted octanol–water partition coefficient (Wildman–Crippen LogP) is 4.05. The van der Waals surface area contributed by atoms with E-state index in [1.54, 1.807) is 38.1 Å². The van der Waals surface area contributed by atoms with Crippen LogP contribution in [0.25, 0.3) is 10.4 Å². The molecule has 144 valence electrons. The molecule has 1 aromatic heterocycles. The Balaban J connectivity index is 1.74. The first-order chi connectivity index (χ1) is 12.8. The standard InChI is InChI=1S/C19H21FN2O3S2/c1-12(2)27(23,24)22-17-4-3-5-18(17)25-13-6-8-15(16(20)10-13)19-9-7-14(11-21)26-19/h6-10,12,17-18,22H,3-5H2,1-2H3. The van der Waals surface area contributed by atoms with Gasteiger partial charge in [-0.25, -0.2) is 17.5 Å². The van der Waals surface area contributed by atoms with Crippen molar-refractivity contribution in [3.05, 3.63) is 41.0 Å². The van der Waals surface area contributed by atoms with Crippen LogP contribution in [0, 0.1) is 17.1 Å². The minimum Gasteiger partial charge on any atom is -0.489 e. The largest absolute Gasteiger partial charge is 0.489 e. The van der Waals surface area contributed by atoms with E-state index in [0.717, 1.165) is 6.42 Å². The monoisotopic (exact) mass is 408 g/mol. The highest BCUT2D eigenvalue weighted by Gasteiger charge is 2.33. The fourth-order valence-corrected chi connectivity index (χ4v) is 4.83. The van der Waals surface area contributed by atoms with E-state index >= 15 is 0 Å². The van der Waals surface area contributed by atoms with Crippen LogP contribution in [0.2, 0.25) is 0 Å². The Labute approximate surface area is 162 Å². The van der Waals surface area contributed by atoms with E-state index < -0.39 is 21.1 Å². The third-order valence-corrected chi connectivity index (χ3v) is 7.49. The number of sulfonamides is 1. The molecule has 1 heterocycles. The molecule has 8 heteroatoms. The third kappa shape index (κ3) is 4.49. The number of hydrogen-bond donors (Lipinski definition) is 1. The maximum absolute atomic E-state index is 14.5. The highest BCUT2D eigenvalue weighted by molar-refractivity contribution is 7.90. The van der Waals surface area contributed by atoms with Gasteiger partial charge in [0.25, 0.3) is 0 Å². The summed E-state index contributed by atoms with van der Waals surface area (Å²) < 4.78 is 47.4. The van der Waals surface area contributed by atoms with Crippen LogP contribution < -0.4 is 9.46 Å². The number of halogens is 1. The van der Waals surface area contributed by atoms with Gasteiger partial charge in [-0.1, -0.05) is 0 Å². The molecule has 0 spiro atoms. The first-order valence-electron chi connectivity index (χ1n) is 8.78. The Bertz CT molecular complexity index is 964. The zero-order valence-corrected chi connectivity index (χ0v) is 16.7. The minimum atomic E-state index is -3.39. The highest BCUT2D eigenvalue weighted by Crippen LogP contribution is 2.33. The van der Waals surface area contributed by atoms with Gasteiger partial charge in [0.15, 0.2) is 0 Å². The number of thiophene rings is 1. The smallest absolute Gasteiger partial charge is 0.214 e. The molecule has 0 aliphatic heterocycles. The van der Waals surface area contributed by atoms with E-state index in [2.05, 4.69) is 4.72 Å². The zero-order chi connectivity index (χ0) is 19.6. The van der Waals surface area contributed by atoms with Crippen molar-refractivity contribution >= 4 is 21.4 Å². The van der Waals surface area contributed by atoms with Crippen LogP contribution in [-0.2, 0) is 10.0 Å². The average Bonchev–Trinajstić information content (AvgIpc) is 3.24. The molecule has 2 unspecified atom stereocenters. The Hall–Kier alpha value is -1.95. The first-order valence-corrected chi connectivity index (χ1v) is 11.1. The number of nitrogens with zero attached hydrogens (tertiary/aromatic N) is 1. The highest BCUT2D eigenvalue weighted by atomic mass is 32.2. The lowest BCUT2D eigenvalue weighted by molar-refractivity contribution is 0.184. The summed E-state index contributed by atoms with van der Waals surface area (Å²) in [7, 11) is -3.39. The molecule has 3 rings (SSSR count). The maximum atomic E-state index is 14.5. The maximum Gasteiger partial charge on any atom is 0.214 e. The molecular weight excluding hydrogens is 387 g/mol. The summed E-state index contributed by atoms with van der Waals surface area (Å²) in [5.74, 6) is -0.0647. The van der Waals surface area contributed by atoms with Gasteiger partial charge >= 0.3 is 0 Å². The van der Waals surface area contributed by atoms with Crippen LogP contribution >= 0.6 is 11.3 Å². The number of hydrogen-bond acceptors (Lipinski definition) is 5. The Morgan fingerprint density at radius 1 is 1.30 bits per heavy atom. The van der Waals surface area contributed by atoms with Crippen molar-refractivity contribution in [3.8, 4) is 22.3 Å². The van der Waals surface area contributed by atoms with E-state index in [9.17, 15) is 12.8 Å². The summed E-state index contributed by atoms with van der Waals surface area (Å²) in [6.45, 7) is 3.26.